The molecule has 2 aromatic rings. The molecule has 2 unspecified atom stereocenters. The highest BCUT2D eigenvalue weighted by Crippen LogP contribution is 2.33. The van der Waals surface area contributed by atoms with Gasteiger partial charge in [0.25, 0.3) is 0 Å². The third-order valence-electron chi connectivity index (χ3n) is 3.84. The van der Waals surface area contributed by atoms with Gasteiger partial charge in [-0.15, -0.1) is 0 Å². The summed E-state index contributed by atoms with van der Waals surface area (Å²) in [6, 6.07) is 13.7. The molecule has 0 heterocycles. The molecular weight excluding hydrogens is 315 g/mol. The highest BCUT2D eigenvalue weighted by Gasteiger charge is 2.15. The number of hydrogen-bond donors (Lipinski definition) is 0. The van der Waals surface area contributed by atoms with E-state index in [9.17, 15) is 4.39 Å². The average Bonchev–Trinajstić information content (AvgIpc) is 2.48. The molecule has 0 spiro atoms. The van der Waals surface area contributed by atoms with Gasteiger partial charge in [0, 0.05) is 5.56 Å². The Morgan fingerprint density at radius 3 is 2.25 bits per heavy atom. The summed E-state index contributed by atoms with van der Waals surface area (Å²) in [7, 11) is 0. The van der Waals surface area contributed by atoms with E-state index in [1.165, 1.54) is 11.6 Å². The van der Waals surface area contributed by atoms with Crippen molar-refractivity contribution in [2.24, 2.45) is 0 Å². The van der Waals surface area contributed by atoms with E-state index < -0.39 is 0 Å². The smallest absolute Gasteiger partial charge is 0.127 e. The first-order valence-corrected chi connectivity index (χ1v) is 7.94. The maximum atomic E-state index is 13.9. The van der Waals surface area contributed by atoms with Crippen LogP contribution < -0.4 is 0 Å². The van der Waals surface area contributed by atoms with Crippen LogP contribution in [0, 0.1) is 12.7 Å². The topological polar surface area (TPSA) is 0 Å². The van der Waals surface area contributed by atoms with Crippen LogP contribution in [0.25, 0.3) is 0 Å². The zero-order chi connectivity index (χ0) is 14.7. The molecule has 0 saturated heterocycles. The molecule has 20 heavy (non-hydrogen) atoms. The Bertz CT molecular complexity index is 574. The molecule has 2 heteroatoms. The Morgan fingerprint density at radius 2 is 1.65 bits per heavy atom. The summed E-state index contributed by atoms with van der Waals surface area (Å²) in [5.41, 5.74) is 4.19. The lowest BCUT2D eigenvalue weighted by Crippen LogP contribution is -1.98. The van der Waals surface area contributed by atoms with Crippen molar-refractivity contribution in [3.63, 3.8) is 0 Å². The molecule has 0 N–H and O–H groups in total. The number of alkyl halides is 1. The molecule has 2 aromatic carbocycles. The summed E-state index contributed by atoms with van der Waals surface area (Å²) in [5.74, 6) is 0.400. The van der Waals surface area contributed by atoms with Gasteiger partial charge in [-0.2, -0.15) is 0 Å². The third kappa shape index (κ3) is 3.29. The van der Waals surface area contributed by atoms with Gasteiger partial charge in [0.15, 0.2) is 0 Å². The first-order valence-electron chi connectivity index (χ1n) is 7.03. The summed E-state index contributed by atoms with van der Waals surface area (Å²) in [6.45, 7) is 6.39. The van der Waals surface area contributed by atoms with Crippen molar-refractivity contribution in [3.05, 3.63) is 70.5 Å². The number of hydrogen-bond acceptors (Lipinski definition) is 0. The van der Waals surface area contributed by atoms with Gasteiger partial charge < -0.3 is 0 Å². The van der Waals surface area contributed by atoms with Gasteiger partial charge >= 0.3 is 0 Å². The van der Waals surface area contributed by atoms with Crippen molar-refractivity contribution in [1.82, 2.24) is 0 Å². The molecule has 106 valence electrons. The highest BCUT2D eigenvalue weighted by atomic mass is 79.9. The molecule has 0 aromatic heterocycles. The van der Waals surface area contributed by atoms with Crippen molar-refractivity contribution < 1.29 is 4.39 Å². The van der Waals surface area contributed by atoms with Gasteiger partial charge in [0.05, 0.1) is 4.83 Å². The highest BCUT2D eigenvalue weighted by molar-refractivity contribution is 9.09. The van der Waals surface area contributed by atoms with Gasteiger partial charge in [-0.1, -0.05) is 71.7 Å². The summed E-state index contributed by atoms with van der Waals surface area (Å²) in [6.07, 6.45) is 1.13. The Kier molecular flexibility index (Phi) is 4.98. The molecule has 2 atom stereocenters. The van der Waals surface area contributed by atoms with Crippen LogP contribution in [0.2, 0.25) is 0 Å². The van der Waals surface area contributed by atoms with Crippen molar-refractivity contribution in [2.75, 3.05) is 0 Å². The zero-order valence-corrected chi connectivity index (χ0v) is 13.7. The van der Waals surface area contributed by atoms with E-state index in [2.05, 4.69) is 54.0 Å². The number of rotatable bonds is 4. The van der Waals surface area contributed by atoms with Gasteiger partial charge in [-0.25, -0.2) is 4.39 Å². The first-order chi connectivity index (χ1) is 9.52. The molecule has 0 aliphatic heterocycles. The Labute approximate surface area is 129 Å². The molecule has 0 aliphatic rings. The van der Waals surface area contributed by atoms with E-state index in [1.54, 1.807) is 6.07 Å². The quantitative estimate of drug-likeness (QED) is 0.590. The van der Waals surface area contributed by atoms with Crippen LogP contribution in [-0.2, 0) is 0 Å². The fraction of sp³-hybridized carbons (Fsp3) is 0.333. The average molecular weight is 335 g/mol. The van der Waals surface area contributed by atoms with Crippen molar-refractivity contribution in [2.45, 2.75) is 37.9 Å². The molecule has 0 fully saturated rings. The van der Waals surface area contributed by atoms with Crippen molar-refractivity contribution in [1.29, 1.82) is 0 Å². The fourth-order valence-electron chi connectivity index (χ4n) is 2.27. The largest absolute Gasteiger partial charge is 0.207 e. The van der Waals surface area contributed by atoms with E-state index in [0.717, 1.165) is 17.5 Å². The maximum Gasteiger partial charge on any atom is 0.127 e. The molecule has 0 nitrogen and oxygen atoms in total. The van der Waals surface area contributed by atoms with E-state index in [-0.39, 0.29) is 10.6 Å². The fourth-order valence-corrected chi connectivity index (χ4v) is 2.92. The first kappa shape index (κ1) is 15.2. The predicted octanol–water partition coefficient (Wildman–Crippen LogP) is 6.13. The second-order valence-corrected chi connectivity index (χ2v) is 6.28. The molecule has 0 amide bonds. The lowest BCUT2D eigenvalue weighted by molar-refractivity contribution is 0.613. The molecule has 0 saturated carbocycles. The van der Waals surface area contributed by atoms with Gasteiger partial charge in [-0.3, -0.25) is 0 Å². The molecular formula is C18H20BrF. The van der Waals surface area contributed by atoms with Crippen LogP contribution in [-0.4, -0.2) is 0 Å². The van der Waals surface area contributed by atoms with Crippen LogP contribution in [0.1, 0.15) is 53.3 Å². The lowest BCUT2D eigenvalue weighted by Gasteiger charge is -2.15. The lowest BCUT2D eigenvalue weighted by atomic mass is 9.95. The maximum absolute atomic E-state index is 13.9. The minimum atomic E-state index is -0.163. The van der Waals surface area contributed by atoms with Crippen LogP contribution >= 0.6 is 15.9 Å². The van der Waals surface area contributed by atoms with Gasteiger partial charge in [0.1, 0.15) is 5.82 Å². The van der Waals surface area contributed by atoms with Crippen molar-refractivity contribution in [3.8, 4) is 0 Å². The molecule has 0 aliphatic carbocycles. The van der Waals surface area contributed by atoms with Crippen LogP contribution in [0.4, 0.5) is 4.39 Å². The van der Waals surface area contributed by atoms with Crippen LogP contribution in [0.3, 0.4) is 0 Å². The molecule has 2 rings (SSSR count). The predicted molar refractivity (Wildman–Crippen MR) is 87.1 cm³/mol. The van der Waals surface area contributed by atoms with Gasteiger partial charge in [-0.05, 0) is 36.5 Å². The summed E-state index contributed by atoms with van der Waals surface area (Å²) >= 11 is 3.62. The Balaban J connectivity index is 2.29. The van der Waals surface area contributed by atoms with E-state index in [4.69, 9.17) is 0 Å². The van der Waals surface area contributed by atoms with E-state index >= 15 is 0 Å². The SMILES string of the molecule is CCC(C)c1ccc(C(Br)c2cc(C)ccc2F)cc1. The van der Waals surface area contributed by atoms with E-state index in [1.807, 2.05) is 13.0 Å². The second-order valence-electron chi connectivity index (χ2n) is 5.36. The Morgan fingerprint density at radius 1 is 1.05 bits per heavy atom. The normalized spacial score (nSPS) is 14.1. The van der Waals surface area contributed by atoms with Gasteiger partial charge in [0.2, 0.25) is 0 Å². The number of halogens is 2. The minimum absolute atomic E-state index is 0.103. The third-order valence-corrected chi connectivity index (χ3v) is 4.86. The van der Waals surface area contributed by atoms with Crippen molar-refractivity contribution >= 4 is 15.9 Å². The summed E-state index contributed by atoms with van der Waals surface area (Å²) in [4.78, 5) is -0.103. The Hall–Kier alpha value is -1.15. The van der Waals surface area contributed by atoms with Crippen LogP contribution in [0.5, 0.6) is 0 Å². The summed E-state index contributed by atoms with van der Waals surface area (Å²) < 4.78 is 13.9. The monoisotopic (exact) mass is 334 g/mol. The minimum Gasteiger partial charge on any atom is -0.207 e. The zero-order valence-electron chi connectivity index (χ0n) is 12.2. The standard InChI is InChI=1S/C18H20BrF/c1-4-13(3)14-6-8-15(9-7-14)18(19)16-11-12(2)5-10-17(16)20/h5-11,13,18H,4H2,1-3H3. The molecule has 0 bridgehead atoms. The second kappa shape index (κ2) is 6.53. The van der Waals surface area contributed by atoms with Crippen LogP contribution in [0.15, 0.2) is 42.5 Å². The number of aryl methyl sites for hydroxylation is 1. The molecule has 0 radical (unpaired) electrons. The summed E-state index contributed by atoms with van der Waals surface area (Å²) in [5, 5.41) is 0. The number of benzene rings is 2. The van der Waals surface area contributed by atoms with E-state index in [0.29, 0.717) is 11.5 Å².